The molecule has 2 rings (SSSR count). The molecular weight excluding hydrogens is 303 g/mol. The van der Waals surface area contributed by atoms with Crippen LogP contribution < -0.4 is 5.56 Å². The predicted octanol–water partition coefficient (Wildman–Crippen LogP) is 2.18. The molecule has 0 aliphatic carbocycles. The van der Waals surface area contributed by atoms with Crippen LogP contribution in [-0.4, -0.2) is 14.6 Å². The van der Waals surface area contributed by atoms with Crippen molar-refractivity contribution < 1.29 is 13.2 Å². The van der Waals surface area contributed by atoms with Crippen LogP contribution in [-0.2, 0) is 6.18 Å². The lowest BCUT2D eigenvalue weighted by atomic mass is 10.3. The van der Waals surface area contributed by atoms with E-state index in [-0.39, 0.29) is 5.65 Å². The maximum absolute atomic E-state index is 12.6. The van der Waals surface area contributed by atoms with Crippen molar-refractivity contribution >= 4 is 21.6 Å². The fourth-order valence-electron chi connectivity index (χ4n) is 1.29. The number of aromatic nitrogens is 3. The molecule has 0 N–H and O–H groups in total. The molecular formula is C9H5BrF3N3O. The number of alkyl halides is 3. The van der Waals surface area contributed by atoms with Gasteiger partial charge in [-0.1, -0.05) is 0 Å². The lowest BCUT2D eigenvalue weighted by molar-refractivity contribution is -0.141. The molecule has 17 heavy (non-hydrogen) atoms. The van der Waals surface area contributed by atoms with E-state index in [0.29, 0.717) is 5.69 Å². The van der Waals surface area contributed by atoms with Gasteiger partial charge in [0.25, 0.3) is 5.56 Å². The molecule has 8 heteroatoms. The summed E-state index contributed by atoms with van der Waals surface area (Å²) in [4.78, 5) is 15.0. The summed E-state index contributed by atoms with van der Waals surface area (Å²) >= 11 is 2.61. The second-order valence-corrected chi connectivity index (χ2v) is 4.12. The second-order valence-electron chi connectivity index (χ2n) is 3.32. The SMILES string of the molecule is Cc1ccc2nc(C(F)(F)F)c(Br)c(=O)n2n1. The van der Waals surface area contributed by atoms with Crippen molar-refractivity contribution in [2.45, 2.75) is 13.1 Å². The molecule has 0 saturated heterocycles. The van der Waals surface area contributed by atoms with Crippen LogP contribution in [0.5, 0.6) is 0 Å². The van der Waals surface area contributed by atoms with Crippen molar-refractivity contribution in [1.82, 2.24) is 14.6 Å². The third-order valence-corrected chi connectivity index (χ3v) is 2.75. The lowest BCUT2D eigenvalue weighted by Crippen LogP contribution is -2.24. The summed E-state index contributed by atoms with van der Waals surface area (Å²) in [6.45, 7) is 1.62. The third kappa shape index (κ3) is 2.04. The van der Waals surface area contributed by atoms with E-state index in [1.807, 2.05) is 0 Å². The molecule has 0 atom stereocenters. The zero-order valence-corrected chi connectivity index (χ0v) is 10.0. The fourth-order valence-corrected chi connectivity index (χ4v) is 1.77. The first-order valence-corrected chi connectivity index (χ1v) is 5.23. The standard InChI is InChI=1S/C9H5BrF3N3O/c1-4-2-3-5-14-7(9(11,12)13)6(10)8(17)16(5)15-4/h2-3H,1H3. The summed E-state index contributed by atoms with van der Waals surface area (Å²) < 4.78 is 37.9. The van der Waals surface area contributed by atoms with Crippen molar-refractivity contribution in [3.63, 3.8) is 0 Å². The topological polar surface area (TPSA) is 47.3 Å². The van der Waals surface area contributed by atoms with Gasteiger partial charge in [0.1, 0.15) is 4.47 Å². The van der Waals surface area contributed by atoms with Gasteiger partial charge in [-0.3, -0.25) is 4.79 Å². The van der Waals surface area contributed by atoms with E-state index < -0.39 is 21.9 Å². The molecule has 0 aliphatic rings. The molecule has 2 aromatic heterocycles. The van der Waals surface area contributed by atoms with Crippen molar-refractivity contribution in [2.75, 3.05) is 0 Å². The molecule has 0 amide bonds. The summed E-state index contributed by atoms with van der Waals surface area (Å²) in [7, 11) is 0. The van der Waals surface area contributed by atoms with Gasteiger partial charge in [0.2, 0.25) is 0 Å². The van der Waals surface area contributed by atoms with Crippen LogP contribution in [0.2, 0.25) is 0 Å². The van der Waals surface area contributed by atoms with E-state index in [2.05, 4.69) is 26.0 Å². The van der Waals surface area contributed by atoms with Gasteiger partial charge in [-0.15, -0.1) is 0 Å². The van der Waals surface area contributed by atoms with Gasteiger partial charge in [-0.05, 0) is 35.0 Å². The maximum atomic E-state index is 12.6. The average molecular weight is 308 g/mol. The Balaban J connectivity index is 2.90. The fraction of sp³-hybridized carbons (Fsp3) is 0.222. The molecule has 0 aromatic carbocycles. The highest BCUT2D eigenvalue weighted by molar-refractivity contribution is 9.10. The van der Waals surface area contributed by atoms with Crippen molar-refractivity contribution in [3.8, 4) is 0 Å². The minimum absolute atomic E-state index is 0.142. The van der Waals surface area contributed by atoms with Crippen LogP contribution in [0.1, 0.15) is 11.4 Å². The molecule has 2 aromatic rings. The molecule has 0 spiro atoms. The Bertz CT molecular complexity index is 650. The van der Waals surface area contributed by atoms with Crippen LogP contribution in [0.25, 0.3) is 5.65 Å². The number of aryl methyl sites for hydroxylation is 1. The summed E-state index contributed by atoms with van der Waals surface area (Å²) in [6.07, 6.45) is -4.68. The first-order valence-electron chi connectivity index (χ1n) is 4.44. The van der Waals surface area contributed by atoms with Gasteiger partial charge in [-0.2, -0.15) is 22.8 Å². The highest BCUT2D eigenvalue weighted by atomic mass is 79.9. The van der Waals surface area contributed by atoms with Crippen LogP contribution in [0.3, 0.4) is 0 Å². The Kier molecular flexibility index (Phi) is 2.69. The number of halogens is 4. The first-order chi connectivity index (χ1) is 7.80. The monoisotopic (exact) mass is 307 g/mol. The Morgan fingerprint density at radius 3 is 2.59 bits per heavy atom. The van der Waals surface area contributed by atoms with Crippen molar-refractivity contribution in [3.05, 3.63) is 38.3 Å². The lowest BCUT2D eigenvalue weighted by Gasteiger charge is -2.09. The molecule has 90 valence electrons. The largest absolute Gasteiger partial charge is 0.434 e. The maximum Gasteiger partial charge on any atom is 0.434 e. The molecule has 0 fully saturated rings. The molecule has 0 radical (unpaired) electrons. The quantitative estimate of drug-likeness (QED) is 0.749. The second kappa shape index (κ2) is 3.80. The molecule has 4 nitrogen and oxygen atoms in total. The zero-order valence-electron chi connectivity index (χ0n) is 8.42. The van der Waals surface area contributed by atoms with Gasteiger partial charge >= 0.3 is 6.18 Å². The molecule has 2 heterocycles. The predicted molar refractivity (Wildman–Crippen MR) is 56.7 cm³/mol. The summed E-state index contributed by atoms with van der Waals surface area (Å²) in [5.74, 6) is 0. The van der Waals surface area contributed by atoms with Crippen LogP contribution >= 0.6 is 15.9 Å². The third-order valence-electron chi connectivity index (χ3n) is 2.03. The van der Waals surface area contributed by atoms with E-state index in [4.69, 9.17) is 0 Å². The van der Waals surface area contributed by atoms with Crippen LogP contribution in [0, 0.1) is 6.92 Å². The van der Waals surface area contributed by atoms with Gasteiger partial charge in [0.15, 0.2) is 11.3 Å². The zero-order chi connectivity index (χ0) is 12.8. The summed E-state index contributed by atoms with van der Waals surface area (Å²) in [6, 6.07) is 2.79. The van der Waals surface area contributed by atoms with Gasteiger partial charge in [0.05, 0.1) is 5.69 Å². The van der Waals surface area contributed by atoms with E-state index in [0.717, 1.165) is 4.52 Å². The van der Waals surface area contributed by atoms with Gasteiger partial charge < -0.3 is 0 Å². The Morgan fingerprint density at radius 2 is 2.00 bits per heavy atom. The van der Waals surface area contributed by atoms with E-state index in [1.54, 1.807) is 6.92 Å². The van der Waals surface area contributed by atoms with Crippen molar-refractivity contribution in [2.24, 2.45) is 0 Å². The number of nitrogens with zero attached hydrogens (tertiary/aromatic N) is 3. The molecule has 0 aliphatic heterocycles. The first kappa shape index (κ1) is 12.0. The van der Waals surface area contributed by atoms with Crippen molar-refractivity contribution in [1.29, 1.82) is 0 Å². The Hall–Kier alpha value is -1.44. The average Bonchev–Trinajstić information content (AvgIpc) is 2.22. The molecule has 0 unspecified atom stereocenters. The minimum Gasteiger partial charge on any atom is -0.266 e. The van der Waals surface area contributed by atoms with Crippen LogP contribution in [0.15, 0.2) is 21.4 Å². The number of fused-ring (bicyclic) bond motifs is 1. The number of hydrogen-bond acceptors (Lipinski definition) is 3. The normalized spacial score (nSPS) is 12.1. The minimum atomic E-state index is -4.68. The highest BCUT2D eigenvalue weighted by Gasteiger charge is 2.37. The number of rotatable bonds is 0. The van der Waals surface area contributed by atoms with Crippen LogP contribution in [0.4, 0.5) is 13.2 Å². The summed E-state index contributed by atoms with van der Waals surface area (Å²) in [5, 5.41) is 3.80. The van der Waals surface area contributed by atoms with Gasteiger partial charge in [-0.25, -0.2) is 4.98 Å². The Labute approximate surface area is 101 Å². The van der Waals surface area contributed by atoms with E-state index >= 15 is 0 Å². The number of hydrogen-bond donors (Lipinski definition) is 0. The van der Waals surface area contributed by atoms with E-state index in [1.165, 1.54) is 12.1 Å². The summed E-state index contributed by atoms with van der Waals surface area (Å²) in [5.41, 5.74) is -1.76. The molecule has 0 saturated carbocycles. The molecule has 0 bridgehead atoms. The van der Waals surface area contributed by atoms with E-state index in [9.17, 15) is 18.0 Å². The Morgan fingerprint density at radius 1 is 1.35 bits per heavy atom. The highest BCUT2D eigenvalue weighted by Crippen LogP contribution is 2.31. The van der Waals surface area contributed by atoms with Gasteiger partial charge in [0, 0.05) is 0 Å². The smallest absolute Gasteiger partial charge is 0.266 e.